The smallest absolute Gasteiger partial charge is 0.0637 e. The van der Waals surface area contributed by atoms with E-state index < -0.39 is 0 Å². The molecule has 0 saturated heterocycles. The van der Waals surface area contributed by atoms with Gasteiger partial charge in [-0.1, -0.05) is 35.3 Å². The quantitative estimate of drug-likeness (QED) is 0.781. The minimum Gasteiger partial charge on any atom is -0.380 e. The fourth-order valence-corrected chi connectivity index (χ4v) is 1.58. The van der Waals surface area contributed by atoms with Gasteiger partial charge < -0.3 is 10.1 Å². The van der Waals surface area contributed by atoms with Gasteiger partial charge in [0.05, 0.1) is 16.7 Å². The number of ether oxygens (including phenoxy) is 1. The molecule has 0 aliphatic rings. The molecule has 0 radical (unpaired) electrons. The van der Waals surface area contributed by atoms with Crippen LogP contribution in [0.1, 0.15) is 12.5 Å². The highest BCUT2D eigenvalue weighted by Gasteiger charge is 2.02. The van der Waals surface area contributed by atoms with Crippen LogP contribution in [0.25, 0.3) is 0 Å². The van der Waals surface area contributed by atoms with E-state index in [4.69, 9.17) is 27.9 Å². The predicted molar refractivity (Wildman–Crippen MR) is 64.7 cm³/mol. The summed E-state index contributed by atoms with van der Waals surface area (Å²) in [5.74, 6) is 0. The van der Waals surface area contributed by atoms with Crippen LogP contribution in [-0.2, 0) is 11.3 Å². The Hall–Kier alpha value is -0.280. The first-order valence-corrected chi connectivity index (χ1v) is 5.72. The van der Waals surface area contributed by atoms with Crippen molar-refractivity contribution in [1.82, 2.24) is 5.32 Å². The normalized spacial score (nSPS) is 10.6. The molecule has 84 valence electrons. The molecule has 0 aromatic heterocycles. The molecule has 1 rings (SSSR count). The lowest BCUT2D eigenvalue weighted by molar-refractivity contribution is 0.149. The largest absolute Gasteiger partial charge is 0.380 e. The number of rotatable bonds is 6. The highest BCUT2D eigenvalue weighted by Crippen LogP contribution is 2.25. The molecule has 1 N–H and O–H groups in total. The molecule has 0 atom stereocenters. The van der Waals surface area contributed by atoms with Crippen LogP contribution in [0.5, 0.6) is 0 Å². The van der Waals surface area contributed by atoms with Crippen LogP contribution in [-0.4, -0.2) is 19.8 Å². The third kappa shape index (κ3) is 4.39. The summed E-state index contributed by atoms with van der Waals surface area (Å²) in [7, 11) is 0. The van der Waals surface area contributed by atoms with Gasteiger partial charge in [0.2, 0.25) is 0 Å². The first kappa shape index (κ1) is 12.8. The fraction of sp³-hybridized carbons (Fsp3) is 0.455. The van der Waals surface area contributed by atoms with Gasteiger partial charge in [0.25, 0.3) is 0 Å². The summed E-state index contributed by atoms with van der Waals surface area (Å²) in [6, 6.07) is 5.64. The van der Waals surface area contributed by atoms with E-state index in [2.05, 4.69) is 5.32 Å². The van der Waals surface area contributed by atoms with Gasteiger partial charge in [-0.3, -0.25) is 0 Å². The molecule has 15 heavy (non-hydrogen) atoms. The molecule has 2 nitrogen and oxygen atoms in total. The van der Waals surface area contributed by atoms with E-state index in [0.29, 0.717) is 23.2 Å². The van der Waals surface area contributed by atoms with Gasteiger partial charge in [0.15, 0.2) is 0 Å². The second-order valence-electron chi connectivity index (χ2n) is 3.09. The highest BCUT2D eigenvalue weighted by molar-refractivity contribution is 6.42. The van der Waals surface area contributed by atoms with Crippen molar-refractivity contribution in [2.45, 2.75) is 13.5 Å². The van der Waals surface area contributed by atoms with E-state index in [1.807, 2.05) is 19.1 Å². The van der Waals surface area contributed by atoms with E-state index in [0.717, 1.165) is 18.7 Å². The summed E-state index contributed by atoms with van der Waals surface area (Å²) in [6.45, 7) is 4.98. The Morgan fingerprint density at radius 2 is 2.13 bits per heavy atom. The highest BCUT2D eigenvalue weighted by atomic mass is 35.5. The summed E-state index contributed by atoms with van der Waals surface area (Å²) in [6.07, 6.45) is 0. The molecule has 0 saturated carbocycles. The van der Waals surface area contributed by atoms with Crippen LogP contribution < -0.4 is 5.32 Å². The Kier molecular flexibility index (Phi) is 6.03. The summed E-state index contributed by atoms with van der Waals surface area (Å²) in [5.41, 5.74) is 1.01. The SMILES string of the molecule is CCOCCNCc1cccc(Cl)c1Cl. The molecule has 0 bridgehead atoms. The molecular weight excluding hydrogens is 233 g/mol. The van der Waals surface area contributed by atoms with Crippen LogP contribution in [0, 0.1) is 0 Å². The maximum absolute atomic E-state index is 6.03. The number of nitrogens with one attached hydrogen (secondary N) is 1. The average molecular weight is 248 g/mol. The van der Waals surface area contributed by atoms with Crippen molar-refractivity contribution in [2.24, 2.45) is 0 Å². The maximum atomic E-state index is 6.03. The number of hydrogen-bond acceptors (Lipinski definition) is 2. The molecule has 0 fully saturated rings. The van der Waals surface area contributed by atoms with Crippen LogP contribution in [0.2, 0.25) is 10.0 Å². The monoisotopic (exact) mass is 247 g/mol. The molecule has 0 amide bonds. The van der Waals surface area contributed by atoms with Crippen molar-refractivity contribution in [3.05, 3.63) is 33.8 Å². The van der Waals surface area contributed by atoms with Crippen molar-refractivity contribution in [1.29, 1.82) is 0 Å². The van der Waals surface area contributed by atoms with Gasteiger partial charge in [-0.2, -0.15) is 0 Å². The zero-order valence-electron chi connectivity index (χ0n) is 8.72. The van der Waals surface area contributed by atoms with Crippen LogP contribution in [0.3, 0.4) is 0 Å². The standard InChI is InChI=1S/C11H15Cl2NO/c1-2-15-7-6-14-8-9-4-3-5-10(12)11(9)13/h3-5,14H,2,6-8H2,1H3. The van der Waals surface area contributed by atoms with Crippen molar-refractivity contribution in [2.75, 3.05) is 19.8 Å². The molecule has 4 heteroatoms. The molecular formula is C11H15Cl2NO. The zero-order valence-corrected chi connectivity index (χ0v) is 10.2. The Bertz CT molecular complexity index is 305. The van der Waals surface area contributed by atoms with E-state index >= 15 is 0 Å². The Morgan fingerprint density at radius 1 is 1.33 bits per heavy atom. The maximum Gasteiger partial charge on any atom is 0.0637 e. The first-order valence-electron chi connectivity index (χ1n) is 4.97. The van der Waals surface area contributed by atoms with Crippen LogP contribution >= 0.6 is 23.2 Å². The molecule has 0 aliphatic carbocycles. The minimum atomic E-state index is 0.598. The lowest BCUT2D eigenvalue weighted by Crippen LogP contribution is -2.19. The molecule has 0 aliphatic heterocycles. The Labute approximate surface area is 101 Å². The van der Waals surface area contributed by atoms with Crippen LogP contribution in [0.15, 0.2) is 18.2 Å². The van der Waals surface area contributed by atoms with E-state index in [9.17, 15) is 0 Å². The van der Waals surface area contributed by atoms with Gasteiger partial charge in [0.1, 0.15) is 0 Å². The van der Waals surface area contributed by atoms with Crippen LogP contribution in [0.4, 0.5) is 0 Å². The first-order chi connectivity index (χ1) is 7.25. The lowest BCUT2D eigenvalue weighted by Gasteiger charge is -2.07. The second kappa shape index (κ2) is 7.07. The Balaban J connectivity index is 2.34. The van der Waals surface area contributed by atoms with Crippen molar-refractivity contribution in [3.8, 4) is 0 Å². The summed E-state index contributed by atoms with van der Waals surface area (Å²) >= 11 is 11.9. The summed E-state index contributed by atoms with van der Waals surface area (Å²) in [5, 5.41) is 4.46. The topological polar surface area (TPSA) is 21.3 Å². The summed E-state index contributed by atoms with van der Waals surface area (Å²) in [4.78, 5) is 0. The third-order valence-electron chi connectivity index (χ3n) is 1.97. The van der Waals surface area contributed by atoms with E-state index in [1.165, 1.54) is 0 Å². The number of halogens is 2. The predicted octanol–water partition coefficient (Wildman–Crippen LogP) is 3.12. The molecule has 0 spiro atoms. The van der Waals surface area contributed by atoms with E-state index in [1.54, 1.807) is 6.07 Å². The van der Waals surface area contributed by atoms with Crippen molar-refractivity contribution < 1.29 is 4.74 Å². The summed E-state index contributed by atoms with van der Waals surface area (Å²) < 4.78 is 5.20. The zero-order chi connectivity index (χ0) is 11.1. The fourth-order valence-electron chi connectivity index (χ4n) is 1.20. The van der Waals surface area contributed by atoms with Gasteiger partial charge in [0, 0.05) is 19.7 Å². The second-order valence-corrected chi connectivity index (χ2v) is 3.87. The average Bonchev–Trinajstić information content (AvgIpc) is 2.24. The van der Waals surface area contributed by atoms with Gasteiger partial charge >= 0.3 is 0 Å². The van der Waals surface area contributed by atoms with Gasteiger partial charge in [-0.05, 0) is 18.6 Å². The lowest BCUT2D eigenvalue weighted by atomic mass is 10.2. The van der Waals surface area contributed by atoms with E-state index in [-0.39, 0.29) is 0 Å². The molecule has 1 aromatic rings. The Morgan fingerprint density at radius 3 is 2.87 bits per heavy atom. The minimum absolute atomic E-state index is 0.598. The van der Waals surface area contributed by atoms with Crippen molar-refractivity contribution >= 4 is 23.2 Å². The third-order valence-corrected chi connectivity index (χ3v) is 2.83. The molecule has 0 unspecified atom stereocenters. The molecule has 0 heterocycles. The van der Waals surface area contributed by atoms with Crippen molar-refractivity contribution in [3.63, 3.8) is 0 Å². The van der Waals surface area contributed by atoms with Gasteiger partial charge in [-0.25, -0.2) is 0 Å². The van der Waals surface area contributed by atoms with Gasteiger partial charge in [-0.15, -0.1) is 0 Å². The molecule has 1 aromatic carbocycles. The number of hydrogen-bond donors (Lipinski definition) is 1. The number of benzene rings is 1.